The number of benzene rings is 2. The summed E-state index contributed by atoms with van der Waals surface area (Å²) in [6, 6.07) is 13.2. The van der Waals surface area contributed by atoms with E-state index in [1.165, 1.54) is 10.6 Å². The minimum atomic E-state index is -3.47. The first-order valence-corrected chi connectivity index (χ1v) is 11.1. The Morgan fingerprint density at radius 1 is 1.00 bits per heavy atom. The van der Waals surface area contributed by atoms with Gasteiger partial charge >= 0.3 is 0 Å². The van der Waals surface area contributed by atoms with Gasteiger partial charge in [-0.05, 0) is 43.0 Å². The summed E-state index contributed by atoms with van der Waals surface area (Å²) < 4.78 is 26.3. The first kappa shape index (κ1) is 21.0. The van der Waals surface area contributed by atoms with E-state index in [2.05, 4.69) is 5.32 Å². The zero-order valence-corrected chi connectivity index (χ0v) is 17.3. The quantitative estimate of drug-likeness (QED) is 0.754. The van der Waals surface area contributed by atoms with E-state index < -0.39 is 10.0 Å². The van der Waals surface area contributed by atoms with E-state index in [0.29, 0.717) is 5.56 Å². The highest BCUT2D eigenvalue weighted by Gasteiger charge is 2.22. The van der Waals surface area contributed by atoms with Crippen LogP contribution in [0.4, 0.5) is 5.69 Å². The van der Waals surface area contributed by atoms with Crippen molar-refractivity contribution >= 4 is 21.6 Å². The highest BCUT2D eigenvalue weighted by Crippen LogP contribution is 2.28. The molecule has 2 aromatic carbocycles. The maximum atomic E-state index is 12.5. The largest absolute Gasteiger partial charge is 0.350 e. The van der Waals surface area contributed by atoms with Crippen molar-refractivity contribution < 1.29 is 13.2 Å². The number of amides is 1. The highest BCUT2D eigenvalue weighted by molar-refractivity contribution is 7.92. The number of hydrogen-bond donors (Lipinski definition) is 1. The van der Waals surface area contributed by atoms with Gasteiger partial charge in [0, 0.05) is 12.1 Å². The van der Waals surface area contributed by atoms with Crippen LogP contribution >= 0.6 is 0 Å². The van der Waals surface area contributed by atoms with Crippen LogP contribution in [0.25, 0.3) is 0 Å². The Balaban J connectivity index is 2.20. The van der Waals surface area contributed by atoms with Crippen molar-refractivity contribution in [3.63, 3.8) is 0 Å². The van der Waals surface area contributed by atoms with E-state index >= 15 is 0 Å². The second kappa shape index (κ2) is 9.04. The number of carbonyl (C=O) groups excluding carboxylic acids is 1. The number of hydrogen-bond acceptors (Lipinski definition) is 3. The van der Waals surface area contributed by atoms with Crippen LogP contribution in [0.3, 0.4) is 0 Å². The molecule has 0 fully saturated rings. The van der Waals surface area contributed by atoms with Gasteiger partial charge in [0.25, 0.3) is 5.91 Å². The molecule has 6 heteroatoms. The van der Waals surface area contributed by atoms with Crippen LogP contribution in [-0.2, 0) is 22.9 Å². The molecule has 0 heterocycles. The van der Waals surface area contributed by atoms with Gasteiger partial charge in [-0.1, -0.05) is 49.7 Å². The zero-order valence-electron chi connectivity index (χ0n) is 16.5. The van der Waals surface area contributed by atoms with Gasteiger partial charge in [0.15, 0.2) is 0 Å². The lowest BCUT2D eigenvalue weighted by molar-refractivity contribution is 0.0955. The monoisotopic (exact) mass is 388 g/mol. The van der Waals surface area contributed by atoms with Gasteiger partial charge in [0.1, 0.15) is 0 Å². The van der Waals surface area contributed by atoms with Crippen molar-refractivity contribution in [3.8, 4) is 0 Å². The van der Waals surface area contributed by atoms with Gasteiger partial charge in [-0.2, -0.15) is 0 Å². The molecular weight excluding hydrogens is 360 g/mol. The minimum absolute atomic E-state index is 0.195. The van der Waals surface area contributed by atoms with Crippen molar-refractivity contribution in [2.75, 3.05) is 23.7 Å². The fourth-order valence-electron chi connectivity index (χ4n) is 3.06. The predicted octanol–water partition coefficient (Wildman–Crippen LogP) is 3.32. The van der Waals surface area contributed by atoms with E-state index in [1.54, 1.807) is 12.1 Å². The lowest BCUT2D eigenvalue weighted by Crippen LogP contribution is -2.39. The Morgan fingerprint density at radius 2 is 1.56 bits per heavy atom. The fraction of sp³-hybridized carbons (Fsp3) is 0.381. The van der Waals surface area contributed by atoms with Crippen LogP contribution < -0.4 is 9.62 Å². The summed E-state index contributed by atoms with van der Waals surface area (Å²) in [7, 11) is -3.47. The number of carbonyl (C=O) groups is 1. The molecule has 0 spiro atoms. The molecule has 0 aliphatic carbocycles. The molecule has 0 unspecified atom stereocenters. The lowest BCUT2D eigenvalue weighted by Gasteiger charge is -2.27. The molecule has 0 bridgehead atoms. The SMILES string of the molecule is CCc1cccc(CC)c1N(CCNC(=O)c1ccc(C)cc1)S(C)(=O)=O. The lowest BCUT2D eigenvalue weighted by atomic mass is 10.0. The summed E-state index contributed by atoms with van der Waals surface area (Å²) >= 11 is 0. The van der Waals surface area contributed by atoms with Crippen molar-refractivity contribution in [3.05, 3.63) is 64.7 Å². The number of para-hydroxylation sites is 1. The molecule has 1 amide bonds. The number of nitrogens with zero attached hydrogens (tertiary/aromatic N) is 1. The van der Waals surface area contributed by atoms with E-state index in [-0.39, 0.29) is 19.0 Å². The smallest absolute Gasteiger partial charge is 0.251 e. The van der Waals surface area contributed by atoms with Crippen LogP contribution in [-0.4, -0.2) is 33.7 Å². The van der Waals surface area contributed by atoms with Crippen molar-refractivity contribution in [1.82, 2.24) is 5.32 Å². The maximum absolute atomic E-state index is 12.5. The summed E-state index contributed by atoms with van der Waals surface area (Å²) in [5.41, 5.74) is 4.37. The first-order valence-electron chi connectivity index (χ1n) is 9.21. The first-order chi connectivity index (χ1) is 12.8. The molecule has 0 aromatic heterocycles. The molecular formula is C21H28N2O3S. The van der Waals surface area contributed by atoms with Gasteiger partial charge in [-0.3, -0.25) is 9.10 Å². The summed E-state index contributed by atoms with van der Waals surface area (Å²) in [5.74, 6) is -0.206. The molecule has 0 saturated carbocycles. The molecule has 1 N–H and O–H groups in total. The Kier molecular flexibility index (Phi) is 7.02. The van der Waals surface area contributed by atoms with Crippen molar-refractivity contribution in [2.24, 2.45) is 0 Å². The summed E-state index contributed by atoms with van der Waals surface area (Å²) in [6.07, 6.45) is 2.69. The van der Waals surface area contributed by atoms with Crippen molar-refractivity contribution in [2.45, 2.75) is 33.6 Å². The molecule has 2 rings (SSSR count). The van der Waals surface area contributed by atoms with Gasteiger partial charge in [-0.15, -0.1) is 0 Å². The minimum Gasteiger partial charge on any atom is -0.350 e. The zero-order chi connectivity index (χ0) is 20.0. The number of aryl methyl sites for hydroxylation is 3. The number of sulfonamides is 1. The Bertz CT molecular complexity index is 868. The molecule has 146 valence electrons. The van der Waals surface area contributed by atoms with E-state index in [4.69, 9.17) is 0 Å². The highest BCUT2D eigenvalue weighted by atomic mass is 32.2. The molecule has 0 aliphatic heterocycles. The predicted molar refractivity (Wildman–Crippen MR) is 111 cm³/mol. The summed E-state index contributed by atoms with van der Waals surface area (Å²) in [5, 5.41) is 2.82. The number of nitrogens with one attached hydrogen (secondary N) is 1. The molecule has 0 radical (unpaired) electrons. The average Bonchev–Trinajstić information content (AvgIpc) is 2.64. The molecule has 27 heavy (non-hydrogen) atoms. The third-order valence-electron chi connectivity index (χ3n) is 4.53. The summed E-state index contributed by atoms with van der Waals surface area (Å²) in [6.45, 7) is 6.42. The van der Waals surface area contributed by atoms with Crippen LogP contribution in [0.15, 0.2) is 42.5 Å². The van der Waals surface area contributed by atoms with E-state index in [0.717, 1.165) is 35.2 Å². The van der Waals surface area contributed by atoms with Crippen LogP contribution in [0.5, 0.6) is 0 Å². The Hall–Kier alpha value is -2.34. The topological polar surface area (TPSA) is 66.5 Å². The number of anilines is 1. The van der Waals surface area contributed by atoms with Crippen LogP contribution in [0, 0.1) is 6.92 Å². The average molecular weight is 389 g/mol. The Morgan fingerprint density at radius 3 is 2.04 bits per heavy atom. The molecule has 5 nitrogen and oxygen atoms in total. The van der Waals surface area contributed by atoms with Gasteiger partial charge in [0.2, 0.25) is 10.0 Å². The Labute approximate surface area is 162 Å². The van der Waals surface area contributed by atoms with E-state index in [9.17, 15) is 13.2 Å². The van der Waals surface area contributed by atoms with Crippen LogP contribution in [0.1, 0.15) is 40.9 Å². The summed E-state index contributed by atoms with van der Waals surface area (Å²) in [4.78, 5) is 12.3. The van der Waals surface area contributed by atoms with Gasteiger partial charge < -0.3 is 5.32 Å². The fourth-order valence-corrected chi connectivity index (χ4v) is 4.05. The van der Waals surface area contributed by atoms with Crippen molar-refractivity contribution in [1.29, 1.82) is 0 Å². The van der Waals surface area contributed by atoms with Gasteiger partial charge in [-0.25, -0.2) is 8.42 Å². The normalized spacial score (nSPS) is 11.3. The second-order valence-electron chi connectivity index (χ2n) is 6.59. The maximum Gasteiger partial charge on any atom is 0.251 e. The second-order valence-corrected chi connectivity index (χ2v) is 8.50. The molecule has 0 aliphatic rings. The molecule has 0 atom stereocenters. The number of rotatable bonds is 8. The van der Waals surface area contributed by atoms with Crippen LogP contribution in [0.2, 0.25) is 0 Å². The van der Waals surface area contributed by atoms with E-state index in [1.807, 2.05) is 51.1 Å². The molecule has 0 saturated heterocycles. The standard InChI is InChI=1S/C21H28N2O3S/c1-5-17-8-7-9-18(6-2)20(17)23(27(4,25)26)15-14-22-21(24)19-12-10-16(3)11-13-19/h7-13H,5-6,14-15H2,1-4H3,(H,22,24). The third kappa shape index (κ3) is 5.32. The molecule has 2 aromatic rings. The van der Waals surface area contributed by atoms with Gasteiger partial charge in [0.05, 0.1) is 18.5 Å². The third-order valence-corrected chi connectivity index (χ3v) is 5.69.